The van der Waals surface area contributed by atoms with E-state index in [1.807, 2.05) is 6.07 Å². The summed E-state index contributed by atoms with van der Waals surface area (Å²) < 4.78 is 5.28. The number of carbonyl (C=O) groups is 3. The Bertz CT molecular complexity index is 850. The van der Waals surface area contributed by atoms with Crippen molar-refractivity contribution in [3.63, 3.8) is 0 Å². The van der Waals surface area contributed by atoms with Crippen LogP contribution in [0.5, 0.6) is 5.75 Å². The van der Waals surface area contributed by atoms with Gasteiger partial charge in [0, 0.05) is 18.3 Å². The number of nitrogens with zero attached hydrogens (tertiary/aromatic N) is 2. The second kappa shape index (κ2) is 7.52. The summed E-state index contributed by atoms with van der Waals surface area (Å²) in [5.41, 5.74) is 0.596. The largest absolute Gasteiger partial charge is 0.495 e. The Hall–Kier alpha value is -2.94. The first-order chi connectivity index (χ1) is 12.5. The van der Waals surface area contributed by atoms with Gasteiger partial charge in [-0.15, -0.1) is 11.3 Å². The van der Waals surface area contributed by atoms with Gasteiger partial charge in [0.1, 0.15) is 10.8 Å². The predicted molar refractivity (Wildman–Crippen MR) is 94.4 cm³/mol. The number of rotatable bonds is 6. The first kappa shape index (κ1) is 17.9. The van der Waals surface area contributed by atoms with E-state index in [0.29, 0.717) is 16.4 Å². The van der Waals surface area contributed by atoms with E-state index in [1.54, 1.807) is 23.1 Å². The second-order valence-corrected chi connectivity index (χ2v) is 6.67. The van der Waals surface area contributed by atoms with Crippen LogP contribution in [0.15, 0.2) is 29.6 Å². The Morgan fingerprint density at radius 1 is 1.42 bits per heavy atom. The highest BCUT2D eigenvalue weighted by Crippen LogP contribution is 2.32. The van der Waals surface area contributed by atoms with Crippen molar-refractivity contribution in [2.45, 2.75) is 13.0 Å². The van der Waals surface area contributed by atoms with Crippen LogP contribution in [0.25, 0.3) is 0 Å². The van der Waals surface area contributed by atoms with Crippen molar-refractivity contribution >= 4 is 34.8 Å². The van der Waals surface area contributed by atoms with Gasteiger partial charge in [-0.3, -0.25) is 9.59 Å². The quantitative estimate of drug-likeness (QED) is 0.792. The number of hydrogen-bond donors (Lipinski definition) is 2. The fourth-order valence-corrected chi connectivity index (χ4v) is 3.47. The molecule has 1 aromatic heterocycles. The summed E-state index contributed by atoms with van der Waals surface area (Å²) in [5, 5.41) is 13.5. The molecule has 9 heteroatoms. The summed E-state index contributed by atoms with van der Waals surface area (Å²) in [6.07, 6.45) is 0.113. The number of aromatic nitrogens is 1. The molecule has 0 spiro atoms. The van der Waals surface area contributed by atoms with Gasteiger partial charge in [-0.2, -0.15) is 0 Å². The first-order valence-corrected chi connectivity index (χ1v) is 8.76. The van der Waals surface area contributed by atoms with Gasteiger partial charge in [-0.05, 0) is 12.1 Å². The van der Waals surface area contributed by atoms with E-state index in [9.17, 15) is 14.4 Å². The molecular formula is C17H17N3O5S. The smallest absolute Gasteiger partial charge is 0.355 e. The zero-order valence-electron chi connectivity index (χ0n) is 14.0. The molecule has 1 aromatic carbocycles. The topological polar surface area (TPSA) is 109 Å². The SMILES string of the molecule is COc1ccccc1N1CC(C(=O)NCc2nc(C(=O)O)cs2)CC1=O. The third-order valence-corrected chi connectivity index (χ3v) is 4.91. The molecule has 1 aliphatic heterocycles. The zero-order valence-corrected chi connectivity index (χ0v) is 14.8. The van der Waals surface area contributed by atoms with E-state index in [4.69, 9.17) is 9.84 Å². The van der Waals surface area contributed by atoms with Gasteiger partial charge in [0.15, 0.2) is 5.69 Å². The minimum atomic E-state index is -1.10. The van der Waals surface area contributed by atoms with Crippen LogP contribution in [0, 0.1) is 5.92 Å². The molecule has 1 aliphatic rings. The number of aromatic carboxylic acids is 1. The van der Waals surface area contributed by atoms with Crippen LogP contribution in [-0.2, 0) is 16.1 Å². The fourth-order valence-electron chi connectivity index (χ4n) is 2.77. The molecule has 2 heterocycles. The Morgan fingerprint density at radius 2 is 2.19 bits per heavy atom. The van der Waals surface area contributed by atoms with Gasteiger partial charge in [-0.25, -0.2) is 9.78 Å². The number of carbonyl (C=O) groups excluding carboxylic acids is 2. The predicted octanol–water partition coefficient (Wildman–Crippen LogP) is 1.52. The number of anilines is 1. The van der Waals surface area contributed by atoms with Crippen molar-refractivity contribution in [1.82, 2.24) is 10.3 Å². The summed E-state index contributed by atoms with van der Waals surface area (Å²) in [6.45, 7) is 0.402. The van der Waals surface area contributed by atoms with Crippen LogP contribution in [0.2, 0.25) is 0 Å². The minimum Gasteiger partial charge on any atom is -0.495 e. The van der Waals surface area contributed by atoms with E-state index < -0.39 is 11.9 Å². The Labute approximate surface area is 153 Å². The number of ether oxygens (including phenoxy) is 1. The van der Waals surface area contributed by atoms with Crippen molar-refractivity contribution in [3.05, 3.63) is 40.3 Å². The van der Waals surface area contributed by atoms with Crippen LogP contribution in [0.4, 0.5) is 5.69 Å². The standard InChI is InChI=1S/C17H17N3O5S/c1-25-13-5-3-2-4-12(13)20-8-10(6-15(20)21)16(22)18-7-14-19-11(9-26-14)17(23)24/h2-5,9-10H,6-8H2,1H3,(H,18,22)(H,23,24). The number of benzene rings is 1. The van der Waals surface area contributed by atoms with E-state index in [2.05, 4.69) is 10.3 Å². The summed E-state index contributed by atoms with van der Waals surface area (Å²) in [6, 6.07) is 7.16. The Balaban J connectivity index is 1.62. The Kier molecular flexibility index (Phi) is 5.17. The number of methoxy groups -OCH3 is 1. The van der Waals surface area contributed by atoms with Crippen LogP contribution < -0.4 is 15.0 Å². The van der Waals surface area contributed by atoms with E-state index >= 15 is 0 Å². The Morgan fingerprint density at radius 3 is 2.88 bits per heavy atom. The molecule has 3 rings (SSSR count). The zero-order chi connectivity index (χ0) is 18.7. The van der Waals surface area contributed by atoms with E-state index in [-0.39, 0.29) is 37.0 Å². The van der Waals surface area contributed by atoms with Gasteiger partial charge in [-0.1, -0.05) is 12.1 Å². The number of hydrogen-bond acceptors (Lipinski definition) is 6. The highest BCUT2D eigenvalue weighted by atomic mass is 32.1. The number of carboxylic acid groups (broad SMARTS) is 1. The number of amides is 2. The van der Waals surface area contributed by atoms with Crippen LogP contribution in [0.1, 0.15) is 21.9 Å². The monoisotopic (exact) mass is 375 g/mol. The molecule has 1 fully saturated rings. The summed E-state index contributed by atoms with van der Waals surface area (Å²) in [4.78, 5) is 41.0. The molecule has 2 N–H and O–H groups in total. The molecule has 1 atom stereocenters. The molecule has 0 saturated carbocycles. The molecule has 1 unspecified atom stereocenters. The van der Waals surface area contributed by atoms with Crippen molar-refractivity contribution < 1.29 is 24.2 Å². The molecule has 2 aromatic rings. The number of nitrogens with one attached hydrogen (secondary N) is 1. The van der Waals surface area contributed by atoms with Crippen molar-refractivity contribution in [2.75, 3.05) is 18.6 Å². The number of para-hydroxylation sites is 2. The van der Waals surface area contributed by atoms with Crippen LogP contribution >= 0.6 is 11.3 Å². The first-order valence-electron chi connectivity index (χ1n) is 7.88. The minimum absolute atomic E-state index is 0.0439. The van der Waals surface area contributed by atoms with Crippen LogP contribution in [0.3, 0.4) is 0 Å². The van der Waals surface area contributed by atoms with Gasteiger partial charge in [0.05, 0.1) is 25.3 Å². The van der Waals surface area contributed by atoms with Gasteiger partial charge >= 0.3 is 5.97 Å². The lowest BCUT2D eigenvalue weighted by Gasteiger charge is -2.19. The molecule has 0 radical (unpaired) electrons. The summed E-state index contributed by atoms with van der Waals surface area (Å²) in [5.74, 6) is -1.41. The number of thiazole rings is 1. The summed E-state index contributed by atoms with van der Waals surface area (Å²) >= 11 is 1.16. The van der Waals surface area contributed by atoms with Crippen molar-refractivity contribution in [2.24, 2.45) is 5.92 Å². The third-order valence-electron chi connectivity index (χ3n) is 4.06. The van der Waals surface area contributed by atoms with E-state index in [1.165, 1.54) is 12.5 Å². The lowest BCUT2D eigenvalue weighted by atomic mass is 10.1. The molecule has 1 saturated heterocycles. The third kappa shape index (κ3) is 3.67. The maximum absolute atomic E-state index is 12.4. The molecular weight excluding hydrogens is 358 g/mol. The van der Waals surface area contributed by atoms with Gasteiger partial charge in [0.2, 0.25) is 11.8 Å². The highest BCUT2D eigenvalue weighted by Gasteiger charge is 2.36. The fraction of sp³-hybridized carbons (Fsp3) is 0.294. The molecule has 2 amide bonds. The summed E-state index contributed by atoms with van der Waals surface area (Å²) in [7, 11) is 1.53. The van der Waals surface area contributed by atoms with Crippen molar-refractivity contribution in [3.8, 4) is 5.75 Å². The van der Waals surface area contributed by atoms with Crippen molar-refractivity contribution in [1.29, 1.82) is 0 Å². The average Bonchev–Trinajstić information content (AvgIpc) is 3.26. The lowest BCUT2D eigenvalue weighted by Crippen LogP contribution is -2.32. The molecule has 8 nitrogen and oxygen atoms in total. The molecule has 26 heavy (non-hydrogen) atoms. The molecule has 136 valence electrons. The maximum atomic E-state index is 12.4. The second-order valence-electron chi connectivity index (χ2n) is 5.73. The van der Waals surface area contributed by atoms with E-state index in [0.717, 1.165) is 11.3 Å². The lowest BCUT2D eigenvalue weighted by molar-refractivity contribution is -0.126. The molecule has 0 bridgehead atoms. The maximum Gasteiger partial charge on any atom is 0.355 e. The highest BCUT2D eigenvalue weighted by molar-refractivity contribution is 7.09. The number of carboxylic acids is 1. The average molecular weight is 375 g/mol. The van der Waals surface area contributed by atoms with Crippen LogP contribution in [-0.4, -0.2) is 41.5 Å². The normalized spacial score (nSPS) is 16.6. The molecule has 0 aliphatic carbocycles. The van der Waals surface area contributed by atoms with Gasteiger partial charge < -0.3 is 20.1 Å². The van der Waals surface area contributed by atoms with Gasteiger partial charge in [0.25, 0.3) is 0 Å².